The van der Waals surface area contributed by atoms with Gasteiger partial charge in [0.2, 0.25) is 10.0 Å². The fourth-order valence-electron chi connectivity index (χ4n) is 2.67. The number of hydrogen-bond donors (Lipinski definition) is 2. The summed E-state index contributed by atoms with van der Waals surface area (Å²) < 4.78 is 27.7. The minimum atomic E-state index is -3.71. The first-order chi connectivity index (χ1) is 11.0. The van der Waals surface area contributed by atoms with Gasteiger partial charge in [-0.25, -0.2) is 13.1 Å². The highest BCUT2D eigenvalue weighted by Gasteiger charge is 2.20. The largest absolute Gasteiger partial charge is 0.507 e. The Hall–Kier alpha value is -1.59. The molecule has 1 atom stereocenters. The lowest BCUT2D eigenvalue weighted by Gasteiger charge is -2.16. The van der Waals surface area contributed by atoms with Crippen LogP contribution in [0.4, 0.5) is 0 Å². The lowest BCUT2D eigenvalue weighted by atomic mass is 10.00. The molecule has 23 heavy (non-hydrogen) atoms. The third-order valence-electron chi connectivity index (χ3n) is 4.22. The molecule has 0 aliphatic heterocycles. The zero-order valence-corrected chi connectivity index (χ0v) is 14.6. The maximum atomic E-state index is 12.5. The molecular formula is C18H25NO3S. The molecule has 0 aliphatic rings. The molecule has 0 heterocycles. The second-order valence-electron chi connectivity index (χ2n) is 5.94. The van der Waals surface area contributed by atoms with Gasteiger partial charge in [-0.05, 0) is 35.2 Å². The van der Waals surface area contributed by atoms with Gasteiger partial charge in [-0.3, -0.25) is 0 Å². The Morgan fingerprint density at radius 3 is 2.39 bits per heavy atom. The third kappa shape index (κ3) is 4.45. The van der Waals surface area contributed by atoms with Crippen LogP contribution in [0.2, 0.25) is 0 Å². The van der Waals surface area contributed by atoms with E-state index in [9.17, 15) is 13.5 Å². The zero-order valence-electron chi connectivity index (χ0n) is 13.7. The fraction of sp³-hybridized carbons (Fsp3) is 0.444. The molecule has 2 aromatic carbocycles. The van der Waals surface area contributed by atoms with Crippen LogP contribution in [0.15, 0.2) is 41.3 Å². The first-order valence-corrected chi connectivity index (χ1v) is 9.67. The lowest BCUT2D eigenvalue weighted by Crippen LogP contribution is -2.29. The van der Waals surface area contributed by atoms with Gasteiger partial charge in [0.1, 0.15) is 10.6 Å². The molecule has 0 saturated carbocycles. The average Bonchev–Trinajstić information content (AvgIpc) is 2.54. The lowest BCUT2D eigenvalue weighted by molar-refractivity contribution is 0.439. The number of hydrogen-bond acceptors (Lipinski definition) is 3. The highest BCUT2D eigenvalue weighted by atomic mass is 32.2. The Balaban J connectivity index is 2.20. The van der Waals surface area contributed by atoms with Gasteiger partial charge in [-0.15, -0.1) is 0 Å². The van der Waals surface area contributed by atoms with Gasteiger partial charge in [0.05, 0.1) is 0 Å². The van der Waals surface area contributed by atoms with Crippen molar-refractivity contribution in [3.8, 4) is 5.75 Å². The van der Waals surface area contributed by atoms with Crippen molar-refractivity contribution >= 4 is 20.8 Å². The molecular weight excluding hydrogens is 310 g/mol. The van der Waals surface area contributed by atoms with Crippen LogP contribution in [-0.2, 0) is 10.0 Å². The minimum Gasteiger partial charge on any atom is -0.507 e. The number of aromatic hydroxyl groups is 1. The first-order valence-electron chi connectivity index (χ1n) is 8.19. The number of rotatable bonds is 8. The molecule has 0 radical (unpaired) electrons. The van der Waals surface area contributed by atoms with Crippen molar-refractivity contribution in [1.29, 1.82) is 0 Å². The molecule has 0 bridgehead atoms. The summed E-state index contributed by atoms with van der Waals surface area (Å²) in [5, 5.41) is 11.7. The van der Waals surface area contributed by atoms with Crippen LogP contribution in [0.5, 0.6) is 5.75 Å². The minimum absolute atomic E-state index is 0.0541. The Morgan fingerprint density at radius 2 is 1.78 bits per heavy atom. The van der Waals surface area contributed by atoms with Crippen molar-refractivity contribution in [2.45, 2.75) is 44.4 Å². The van der Waals surface area contributed by atoms with E-state index < -0.39 is 10.0 Å². The van der Waals surface area contributed by atoms with E-state index in [0.29, 0.717) is 12.5 Å². The van der Waals surface area contributed by atoms with Crippen LogP contribution in [-0.4, -0.2) is 20.1 Å². The standard InChI is InChI=1S/C18H25NO3S/c1-3-5-8-14(4-2)13-19-23(21,22)18-12-16-10-7-6-9-15(16)11-17(18)20/h6-7,9-12,14,19-20H,3-5,8,13H2,1-2H3. The number of fused-ring (bicyclic) bond motifs is 1. The van der Waals surface area contributed by atoms with Gasteiger partial charge in [0, 0.05) is 6.54 Å². The number of sulfonamides is 1. The van der Waals surface area contributed by atoms with Crippen LogP contribution in [0.25, 0.3) is 10.8 Å². The summed E-state index contributed by atoms with van der Waals surface area (Å²) in [6, 6.07) is 10.4. The van der Waals surface area contributed by atoms with Crippen molar-refractivity contribution in [3.05, 3.63) is 36.4 Å². The summed E-state index contributed by atoms with van der Waals surface area (Å²) in [7, 11) is -3.71. The summed E-state index contributed by atoms with van der Waals surface area (Å²) in [6.07, 6.45) is 4.15. The molecule has 0 aliphatic carbocycles. The Morgan fingerprint density at radius 1 is 1.13 bits per heavy atom. The molecule has 0 fully saturated rings. The van der Waals surface area contributed by atoms with E-state index in [1.165, 1.54) is 12.1 Å². The smallest absolute Gasteiger partial charge is 0.244 e. The molecule has 0 saturated heterocycles. The van der Waals surface area contributed by atoms with Gasteiger partial charge in [0.25, 0.3) is 0 Å². The number of phenols is 1. The van der Waals surface area contributed by atoms with E-state index in [2.05, 4.69) is 18.6 Å². The average molecular weight is 335 g/mol. The van der Waals surface area contributed by atoms with E-state index in [0.717, 1.165) is 36.5 Å². The SMILES string of the molecule is CCCCC(CC)CNS(=O)(=O)c1cc2ccccc2cc1O. The maximum Gasteiger partial charge on any atom is 0.244 e. The Kier molecular flexibility index (Phi) is 6.02. The Bertz CT molecular complexity index is 756. The molecule has 5 heteroatoms. The van der Waals surface area contributed by atoms with Crippen molar-refractivity contribution in [3.63, 3.8) is 0 Å². The summed E-state index contributed by atoms with van der Waals surface area (Å²) >= 11 is 0. The van der Waals surface area contributed by atoms with Gasteiger partial charge in [-0.1, -0.05) is 57.4 Å². The number of benzene rings is 2. The van der Waals surface area contributed by atoms with Crippen molar-refractivity contribution < 1.29 is 13.5 Å². The van der Waals surface area contributed by atoms with Crippen molar-refractivity contribution in [1.82, 2.24) is 4.72 Å². The molecule has 126 valence electrons. The highest BCUT2D eigenvalue weighted by molar-refractivity contribution is 7.89. The second-order valence-corrected chi connectivity index (χ2v) is 7.67. The maximum absolute atomic E-state index is 12.5. The predicted octanol–water partition coefficient (Wildman–Crippen LogP) is 4.04. The number of unbranched alkanes of at least 4 members (excludes halogenated alkanes) is 1. The van der Waals surface area contributed by atoms with Gasteiger partial charge in [-0.2, -0.15) is 0 Å². The second kappa shape index (κ2) is 7.79. The van der Waals surface area contributed by atoms with Crippen LogP contribution >= 0.6 is 0 Å². The summed E-state index contributed by atoms with van der Waals surface area (Å²) in [4.78, 5) is -0.0541. The van der Waals surface area contributed by atoms with E-state index in [1.807, 2.05) is 24.3 Å². The van der Waals surface area contributed by atoms with Gasteiger partial charge >= 0.3 is 0 Å². The molecule has 0 spiro atoms. The predicted molar refractivity (Wildman–Crippen MR) is 94.1 cm³/mol. The fourth-order valence-corrected chi connectivity index (χ4v) is 3.90. The molecule has 4 nitrogen and oxygen atoms in total. The van der Waals surface area contributed by atoms with E-state index >= 15 is 0 Å². The van der Waals surface area contributed by atoms with Crippen LogP contribution in [0.3, 0.4) is 0 Å². The van der Waals surface area contributed by atoms with E-state index in [-0.39, 0.29) is 10.6 Å². The van der Waals surface area contributed by atoms with Crippen LogP contribution in [0, 0.1) is 5.92 Å². The molecule has 2 N–H and O–H groups in total. The van der Waals surface area contributed by atoms with Crippen LogP contribution < -0.4 is 4.72 Å². The quantitative estimate of drug-likeness (QED) is 0.765. The highest BCUT2D eigenvalue weighted by Crippen LogP contribution is 2.28. The van der Waals surface area contributed by atoms with Crippen molar-refractivity contribution in [2.24, 2.45) is 5.92 Å². The van der Waals surface area contributed by atoms with Crippen LogP contribution in [0.1, 0.15) is 39.5 Å². The molecule has 0 aromatic heterocycles. The summed E-state index contributed by atoms with van der Waals surface area (Å²) in [5.41, 5.74) is 0. The monoisotopic (exact) mass is 335 g/mol. The number of nitrogens with one attached hydrogen (secondary N) is 1. The molecule has 0 amide bonds. The third-order valence-corrected chi connectivity index (χ3v) is 5.67. The zero-order chi connectivity index (χ0) is 16.9. The first kappa shape index (κ1) is 17.8. The topological polar surface area (TPSA) is 66.4 Å². The van der Waals surface area contributed by atoms with E-state index in [1.54, 1.807) is 0 Å². The number of phenolic OH excluding ortho intramolecular Hbond substituents is 1. The van der Waals surface area contributed by atoms with E-state index in [4.69, 9.17) is 0 Å². The molecule has 2 rings (SSSR count). The summed E-state index contributed by atoms with van der Waals surface area (Å²) in [6.45, 7) is 4.61. The summed E-state index contributed by atoms with van der Waals surface area (Å²) in [5.74, 6) is 0.116. The van der Waals surface area contributed by atoms with Gasteiger partial charge in [0.15, 0.2) is 0 Å². The molecule has 2 aromatic rings. The Labute approximate surface area is 138 Å². The normalized spacial score (nSPS) is 13.3. The molecule has 1 unspecified atom stereocenters. The van der Waals surface area contributed by atoms with Crippen molar-refractivity contribution in [2.75, 3.05) is 6.54 Å². The van der Waals surface area contributed by atoms with Gasteiger partial charge < -0.3 is 5.11 Å².